The van der Waals surface area contributed by atoms with Crippen molar-refractivity contribution in [3.63, 3.8) is 0 Å². The van der Waals surface area contributed by atoms with Crippen molar-refractivity contribution in [2.75, 3.05) is 5.32 Å². The quantitative estimate of drug-likeness (QED) is 0.523. The predicted molar refractivity (Wildman–Crippen MR) is 113 cm³/mol. The van der Waals surface area contributed by atoms with Crippen LogP contribution in [-0.2, 0) is 4.79 Å². The number of carbonyl (C=O) groups is 1. The lowest BCUT2D eigenvalue weighted by Crippen LogP contribution is -2.22. The van der Waals surface area contributed by atoms with Crippen LogP contribution in [0.3, 0.4) is 0 Å². The summed E-state index contributed by atoms with van der Waals surface area (Å²) in [4.78, 5) is 22.4. The summed E-state index contributed by atoms with van der Waals surface area (Å²) < 4.78 is 0. The van der Waals surface area contributed by atoms with Gasteiger partial charge in [-0.3, -0.25) is 9.78 Å². The molecule has 0 bridgehead atoms. The molecule has 0 unspecified atom stereocenters. The Balaban J connectivity index is 1.60. The summed E-state index contributed by atoms with van der Waals surface area (Å²) in [5.74, 6) is -0.583. The van der Waals surface area contributed by atoms with Gasteiger partial charge in [0.1, 0.15) is 6.07 Å². The molecular weight excluding hydrogens is 380 g/mol. The molecule has 2 heterocycles. The zero-order valence-corrected chi connectivity index (χ0v) is 16.1. The molecule has 0 saturated carbocycles. The summed E-state index contributed by atoms with van der Waals surface area (Å²) in [6, 6.07) is 23.2. The number of pyridine rings is 1. The number of nitrogens with zero attached hydrogens (tertiary/aromatic N) is 3. The Hall–Kier alpha value is -3.82. The molecule has 2 aromatic heterocycles. The molecule has 0 spiro atoms. The van der Waals surface area contributed by atoms with E-state index in [1.54, 1.807) is 18.5 Å². The Morgan fingerprint density at radius 2 is 1.62 bits per heavy atom. The van der Waals surface area contributed by atoms with Crippen molar-refractivity contribution in [3.8, 4) is 16.5 Å². The van der Waals surface area contributed by atoms with Crippen LogP contribution in [-0.4, -0.2) is 15.9 Å². The zero-order chi connectivity index (χ0) is 20.1. The van der Waals surface area contributed by atoms with Crippen LogP contribution in [0.2, 0.25) is 0 Å². The largest absolute Gasteiger partial charge is 0.301 e. The van der Waals surface area contributed by atoms with Crippen LogP contribution in [0.4, 0.5) is 5.13 Å². The van der Waals surface area contributed by atoms with Crippen LogP contribution in [0.5, 0.6) is 0 Å². The Morgan fingerprint density at radius 3 is 2.24 bits per heavy atom. The average Bonchev–Trinajstić information content (AvgIpc) is 3.24. The second kappa shape index (κ2) is 8.46. The van der Waals surface area contributed by atoms with Gasteiger partial charge in [-0.2, -0.15) is 5.26 Å². The van der Waals surface area contributed by atoms with E-state index in [0.717, 1.165) is 21.6 Å². The number of aromatic nitrogens is 2. The second-order valence-electron chi connectivity index (χ2n) is 6.35. The fraction of sp³-hybridized carbons (Fsp3) is 0.0435. The minimum absolute atomic E-state index is 0.146. The molecule has 5 nitrogen and oxygen atoms in total. The van der Waals surface area contributed by atoms with Gasteiger partial charge in [0.2, 0.25) is 5.91 Å². The van der Waals surface area contributed by atoms with Crippen molar-refractivity contribution in [2.24, 2.45) is 0 Å². The van der Waals surface area contributed by atoms with Crippen molar-refractivity contribution in [1.29, 1.82) is 5.26 Å². The summed E-state index contributed by atoms with van der Waals surface area (Å²) >= 11 is 1.35. The van der Waals surface area contributed by atoms with Gasteiger partial charge in [0.25, 0.3) is 0 Å². The van der Waals surface area contributed by atoms with Crippen molar-refractivity contribution in [1.82, 2.24) is 9.97 Å². The molecule has 0 aliphatic heterocycles. The highest BCUT2D eigenvalue weighted by atomic mass is 32.1. The molecule has 0 radical (unpaired) electrons. The molecule has 2 aromatic carbocycles. The summed E-state index contributed by atoms with van der Waals surface area (Å²) in [5.41, 5.74) is 3.11. The molecule has 4 rings (SSSR count). The van der Waals surface area contributed by atoms with E-state index in [1.165, 1.54) is 17.5 Å². The van der Waals surface area contributed by atoms with Gasteiger partial charge in [0, 0.05) is 24.2 Å². The highest BCUT2D eigenvalue weighted by molar-refractivity contribution is 7.19. The van der Waals surface area contributed by atoms with Crippen LogP contribution in [0, 0.1) is 11.3 Å². The summed E-state index contributed by atoms with van der Waals surface area (Å²) in [6.45, 7) is 0. The smallest absolute Gasteiger partial charge is 0.238 e. The number of amides is 1. The number of carbonyl (C=O) groups excluding carboxylic acids is 1. The SMILES string of the molecule is N#Cc1cncc(-c2cnc(NC(=O)C(c3ccccc3)c3ccccc3)s2)c1. The Morgan fingerprint density at radius 1 is 0.966 bits per heavy atom. The molecule has 0 atom stereocenters. The molecule has 29 heavy (non-hydrogen) atoms. The first-order valence-electron chi connectivity index (χ1n) is 8.96. The molecular formula is C23H16N4OS. The highest BCUT2D eigenvalue weighted by Crippen LogP contribution is 2.31. The van der Waals surface area contributed by atoms with Gasteiger partial charge in [-0.15, -0.1) is 0 Å². The third-order valence-electron chi connectivity index (χ3n) is 4.42. The first kappa shape index (κ1) is 18.5. The van der Waals surface area contributed by atoms with E-state index in [4.69, 9.17) is 5.26 Å². The van der Waals surface area contributed by atoms with Crippen molar-refractivity contribution in [2.45, 2.75) is 5.92 Å². The Bertz CT molecular complexity index is 1130. The number of nitriles is 1. The molecule has 1 N–H and O–H groups in total. The van der Waals surface area contributed by atoms with Crippen molar-refractivity contribution in [3.05, 3.63) is 102 Å². The van der Waals surface area contributed by atoms with Crippen LogP contribution in [0.1, 0.15) is 22.6 Å². The fourth-order valence-electron chi connectivity index (χ4n) is 3.06. The Kier molecular flexibility index (Phi) is 5.41. The van der Waals surface area contributed by atoms with Crippen molar-refractivity contribution < 1.29 is 4.79 Å². The van der Waals surface area contributed by atoms with E-state index in [1.807, 2.05) is 60.7 Å². The first-order valence-corrected chi connectivity index (χ1v) is 9.78. The van der Waals surface area contributed by atoms with E-state index in [2.05, 4.69) is 21.4 Å². The minimum Gasteiger partial charge on any atom is -0.301 e. The number of hydrogen-bond donors (Lipinski definition) is 1. The minimum atomic E-state index is -0.437. The molecule has 0 aliphatic rings. The molecule has 4 aromatic rings. The van der Waals surface area contributed by atoms with Crippen molar-refractivity contribution >= 4 is 22.4 Å². The highest BCUT2D eigenvalue weighted by Gasteiger charge is 2.23. The van der Waals surface area contributed by atoms with Gasteiger partial charge in [0.15, 0.2) is 5.13 Å². The van der Waals surface area contributed by atoms with E-state index >= 15 is 0 Å². The Labute approximate surface area is 172 Å². The van der Waals surface area contributed by atoms with Gasteiger partial charge < -0.3 is 5.32 Å². The fourth-order valence-corrected chi connectivity index (χ4v) is 3.87. The second-order valence-corrected chi connectivity index (χ2v) is 7.38. The van der Waals surface area contributed by atoms with E-state index in [9.17, 15) is 4.79 Å². The number of hydrogen-bond acceptors (Lipinski definition) is 5. The number of nitrogens with one attached hydrogen (secondary N) is 1. The number of thiazole rings is 1. The lowest BCUT2D eigenvalue weighted by atomic mass is 9.90. The number of rotatable bonds is 5. The van der Waals surface area contributed by atoms with E-state index in [-0.39, 0.29) is 5.91 Å². The van der Waals surface area contributed by atoms with Crippen LogP contribution in [0.15, 0.2) is 85.3 Å². The standard InChI is InChI=1S/C23H16N4OS/c24-12-16-11-19(14-25-13-16)20-15-26-23(29-20)27-22(28)21(17-7-3-1-4-8-17)18-9-5-2-6-10-18/h1-11,13-15,21H,(H,26,27,28). The predicted octanol–water partition coefficient (Wildman–Crippen LogP) is 4.85. The van der Waals surface area contributed by atoms with Crippen LogP contribution < -0.4 is 5.32 Å². The van der Waals surface area contributed by atoms with E-state index < -0.39 is 5.92 Å². The molecule has 140 valence electrons. The summed E-state index contributed by atoms with van der Waals surface area (Å²) in [5, 5.41) is 12.5. The van der Waals surface area contributed by atoms with Gasteiger partial charge in [-0.1, -0.05) is 72.0 Å². The molecule has 0 saturated heterocycles. The lowest BCUT2D eigenvalue weighted by molar-refractivity contribution is -0.116. The molecule has 1 amide bonds. The van der Waals surface area contributed by atoms with Gasteiger partial charge in [-0.05, 0) is 17.2 Å². The maximum atomic E-state index is 13.2. The normalized spacial score (nSPS) is 10.5. The summed E-state index contributed by atoms with van der Waals surface area (Å²) in [6.07, 6.45) is 4.87. The zero-order valence-electron chi connectivity index (χ0n) is 15.3. The molecule has 6 heteroatoms. The monoisotopic (exact) mass is 396 g/mol. The van der Waals surface area contributed by atoms with Crippen LogP contribution in [0.25, 0.3) is 10.4 Å². The number of benzene rings is 2. The third kappa shape index (κ3) is 4.21. The molecule has 0 fully saturated rings. The van der Waals surface area contributed by atoms with Gasteiger partial charge in [-0.25, -0.2) is 4.98 Å². The lowest BCUT2D eigenvalue weighted by Gasteiger charge is -2.17. The van der Waals surface area contributed by atoms with Gasteiger partial charge >= 0.3 is 0 Å². The first-order chi connectivity index (χ1) is 14.2. The van der Waals surface area contributed by atoms with Crippen LogP contribution >= 0.6 is 11.3 Å². The number of anilines is 1. The topological polar surface area (TPSA) is 78.7 Å². The maximum absolute atomic E-state index is 13.2. The molecule has 0 aliphatic carbocycles. The van der Waals surface area contributed by atoms with Gasteiger partial charge in [0.05, 0.1) is 16.4 Å². The third-order valence-corrected chi connectivity index (χ3v) is 5.38. The maximum Gasteiger partial charge on any atom is 0.238 e. The van der Waals surface area contributed by atoms with E-state index in [0.29, 0.717) is 10.7 Å². The summed E-state index contributed by atoms with van der Waals surface area (Å²) in [7, 11) is 0. The average molecular weight is 396 g/mol.